The van der Waals surface area contributed by atoms with E-state index < -0.39 is 0 Å². The molecule has 21 heavy (non-hydrogen) atoms. The molecular formula is C17H22N2O2. The molecular weight excluding hydrogens is 264 g/mol. The molecule has 0 bridgehead atoms. The molecule has 4 heteroatoms. The number of ether oxygens (including phenoxy) is 1. The number of carbonyl (C=O) groups is 1. The van der Waals surface area contributed by atoms with Gasteiger partial charge in [0.25, 0.3) is 5.91 Å². The van der Waals surface area contributed by atoms with Crippen LogP contribution < -0.4 is 0 Å². The summed E-state index contributed by atoms with van der Waals surface area (Å²) in [7, 11) is 1.72. The van der Waals surface area contributed by atoms with Crippen molar-refractivity contribution in [2.75, 3.05) is 20.3 Å². The molecule has 0 radical (unpaired) electrons. The lowest BCUT2D eigenvalue weighted by atomic mass is 10.0. The van der Waals surface area contributed by atoms with E-state index >= 15 is 0 Å². The van der Waals surface area contributed by atoms with Crippen LogP contribution in [0.5, 0.6) is 0 Å². The Morgan fingerprint density at radius 2 is 2.10 bits per heavy atom. The minimum absolute atomic E-state index is 0.0427. The summed E-state index contributed by atoms with van der Waals surface area (Å²) in [6, 6.07) is 8.56. The summed E-state index contributed by atoms with van der Waals surface area (Å²) in [4.78, 5) is 12.6. The van der Waals surface area contributed by atoms with Crippen LogP contribution in [0.25, 0.3) is 6.08 Å². The van der Waals surface area contributed by atoms with Crippen LogP contribution >= 0.6 is 0 Å². The van der Waals surface area contributed by atoms with Crippen LogP contribution in [0.15, 0.2) is 30.3 Å². The fourth-order valence-corrected chi connectivity index (χ4v) is 3.42. The van der Waals surface area contributed by atoms with Gasteiger partial charge in [0, 0.05) is 19.7 Å². The van der Waals surface area contributed by atoms with Gasteiger partial charge in [0.2, 0.25) is 0 Å². The lowest BCUT2D eigenvalue weighted by Crippen LogP contribution is -2.50. The molecule has 2 atom stereocenters. The number of nitrogens with zero attached hydrogens (tertiary/aromatic N) is 2. The van der Waals surface area contributed by atoms with Crippen LogP contribution in [0.1, 0.15) is 36.9 Å². The van der Waals surface area contributed by atoms with Gasteiger partial charge >= 0.3 is 0 Å². The van der Waals surface area contributed by atoms with Crippen LogP contribution in [0, 0.1) is 0 Å². The van der Waals surface area contributed by atoms with Crippen LogP contribution in [0.4, 0.5) is 0 Å². The third-order valence-corrected chi connectivity index (χ3v) is 4.43. The van der Waals surface area contributed by atoms with E-state index in [0.717, 1.165) is 24.9 Å². The van der Waals surface area contributed by atoms with Crippen molar-refractivity contribution < 1.29 is 9.53 Å². The minimum Gasteiger partial charge on any atom is -0.383 e. The van der Waals surface area contributed by atoms with E-state index in [9.17, 15) is 4.79 Å². The van der Waals surface area contributed by atoms with Crippen molar-refractivity contribution in [1.82, 2.24) is 10.0 Å². The predicted molar refractivity (Wildman–Crippen MR) is 82.3 cm³/mol. The molecule has 0 aromatic heterocycles. The number of carbonyl (C=O) groups excluding carboxylic acids is 1. The second-order valence-electron chi connectivity index (χ2n) is 5.74. The lowest BCUT2D eigenvalue weighted by Gasteiger charge is -2.39. The highest BCUT2D eigenvalue weighted by Gasteiger charge is 2.36. The highest BCUT2D eigenvalue weighted by atomic mass is 16.5. The Hall–Kier alpha value is -1.65. The number of fused-ring (bicyclic) bond motifs is 1. The van der Waals surface area contributed by atoms with Crippen molar-refractivity contribution in [2.45, 2.75) is 31.8 Å². The molecule has 2 aliphatic rings. The summed E-state index contributed by atoms with van der Waals surface area (Å²) in [5.41, 5.74) is 2.33. The van der Waals surface area contributed by atoms with Crippen molar-refractivity contribution in [3.8, 4) is 0 Å². The third kappa shape index (κ3) is 2.61. The summed E-state index contributed by atoms with van der Waals surface area (Å²) < 4.78 is 5.32. The summed E-state index contributed by atoms with van der Waals surface area (Å²) >= 11 is 0. The number of methoxy groups -OCH3 is 1. The largest absolute Gasteiger partial charge is 0.383 e. The predicted octanol–water partition coefficient (Wildman–Crippen LogP) is 2.63. The van der Waals surface area contributed by atoms with Crippen molar-refractivity contribution in [3.05, 3.63) is 41.5 Å². The normalized spacial score (nSPS) is 26.0. The van der Waals surface area contributed by atoms with Crippen molar-refractivity contribution in [3.63, 3.8) is 0 Å². The summed E-state index contributed by atoms with van der Waals surface area (Å²) in [5.74, 6) is 0.0571. The lowest BCUT2D eigenvalue weighted by molar-refractivity contribution is -0.153. The Balaban J connectivity index is 1.94. The zero-order valence-corrected chi connectivity index (χ0v) is 12.7. The number of rotatable bonds is 3. The van der Waals surface area contributed by atoms with E-state index in [2.05, 4.69) is 24.1 Å². The molecule has 112 valence electrons. The summed E-state index contributed by atoms with van der Waals surface area (Å²) in [6.07, 6.45) is 5.80. The molecule has 4 nitrogen and oxygen atoms in total. The Morgan fingerprint density at radius 3 is 2.90 bits per heavy atom. The first-order valence-electron chi connectivity index (χ1n) is 7.58. The van der Waals surface area contributed by atoms with Gasteiger partial charge in [-0.1, -0.05) is 24.3 Å². The fraction of sp³-hybridized carbons (Fsp3) is 0.471. The average molecular weight is 286 g/mol. The summed E-state index contributed by atoms with van der Waals surface area (Å²) in [6.45, 7) is 3.69. The third-order valence-electron chi connectivity index (χ3n) is 4.43. The first-order valence-corrected chi connectivity index (χ1v) is 7.58. The Morgan fingerprint density at radius 1 is 1.29 bits per heavy atom. The van der Waals surface area contributed by atoms with Crippen LogP contribution in [0.2, 0.25) is 0 Å². The van der Waals surface area contributed by atoms with Gasteiger partial charge in [-0.15, -0.1) is 0 Å². The topological polar surface area (TPSA) is 32.8 Å². The number of benzene rings is 1. The molecule has 3 rings (SSSR count). The van der Waals surface area contributed by atoms with Gasteiger partial charge in [-0.3, -0.25) is 9.80 Å². The zero-order chi connectivity index (χ0) is 14.8. The quantitative estimate of drug-likeness (QED) is 0.856. The van der Waals surface area contributed by atoms with Crippen LogP contribution in [-0.2, 0) is 9.53 Å². The molecule has 1 fully saturated rings. The molecule has 1 saturated heterocycles. The van der Waals surface area contributed by atoms with E-state index in [1.165, 1.54) is 5.56 Å². The molecule has 1 aromatic rings. The Bertz CT molecular complexity index is 555. The van der Waals surface area contributed by atoms with E-state index in [-0.39, 0.29) is 11.9 Å². The first-order chi connectivity index (χ1) is 10.2. The maximum absolute atomic E-state index is 12.6. The molecule has 0 N–H and O–H groups in total. The van der Waals surface area contributed by atoms with E-state index in [4.69, 9.17) is 4.74 Å². The van der Waals surface area contributed by atoms with Gasteiger partial charge in [0.1, 0.15) is 0 Å². The number of hydrogen-bond acceptors (Lipinski definition) is 3. The van der Waals surface area contributed by atoms with Gasteiger partial charge in [0.15, 0.2) is 0 Å². The van der Waals surface area contributed by atoms with Crippen LogP contribution in [-0.4, -0.2) is 42.2 Å². The fourth-order valence-electron chi connectivity index (χ4n) is 3.42. The molecule has 2 aliphatic heterocycles. The molecule has 0 saturated carbocycles. The number of hydrazine groups is 1. The highest BCUT2D eigenvalue weighted by Crippen LogP contribution is 2.32. The summed E-state index contributed by atoms with van der Waals surface area (Å²) in [5, 5.41) is 4.11. The Kier molecular flexibility index (Phi) is 4.08. The van der Waals surface area contributed by atoms with Crippen LogP contribution in [0.3, 0.4) is 0 Å². The van der Waals surface area contributed by atoms with E-state index in [1.54, 1.807) is 13.2 Å². The second kappa shape index (κ2) is 6.00. The number of amides is 1. The smallest absolute Gasteiger partial charge is 0.261 e. The van der Waals surface area contributed by atoms with Crippen molar-refractivity contribution in [2.24, 2.45) is 0 Å². The monoisotopic (exact) mass is 286 g/mol. The molecule has 1 aromatic carbocycles. The average Bonchev–Trinajstić information content (AvgIpc) is 2.89. The molecule has 0 unspecified atom stereocenters. The standard InChI is InChI=1S/C17H22N2O2/c1-13-16-8-4-3-6-14(16)9-10-17(20)19(13)18-11-5-7-15(18)12-21-2/h3-4,6,8-10,13,15H,5,7,11-12H2,1-2H3/t13-,15+/m1/s1. The van der Waals surface area contributed by atoms with Gasteiger partial charge < -0.3 is 4.74 Å². The maximum Gasteiger partial charge on any atom is 0.261 e. The molecule has 0 spiro atoms. The molecule has 0 aliphatic carbocycles. The van der Waals surface area contributed by atoms with E-state index in [1.807, 2.05) is 23.2 Å². The van der Waals surface area contributed by atoms with Crippen molar-refractivity contribution >= 4 is 12.0 Å². The van der Waals surface area contributed by atoms with Gasteiger partial charge in [-0.2, -0.15) is 0 Å². The SMILES string of the molecule is COC[C@@H]1CCCN1N1C(=O)C=Cc2ccccc2[C@H]1C. The number of hydrogen-bond donors (Lipinski definition) is 0. The highest BCUT2D eigenvalue weighted by molar-refractivity contribution is 5.93. The van der Waals surface area contributed by atoms with Gasteiger partial charge in [-0.25, -0.2) is 5.01 Å². The zero-order valence-electron chi connectivity index (χ0n) is 12.7. The van der Waals surface area contributed by atoms with Gasteiger partial charge in [0.05, 0.1) is 18.7 Å². The Labute approximate surface area is 126 Å². The second-order valence-corrected chi connectivity index (χ2v) is 5.74. The molecule has 1 amide bonds. The molecule has 2 heterocycles. The van der Waals surface area contributed by atoms with Gasteiger partial charge in [-0.05, 0) is 37.0 Å². The van der Waals surface area contributed by atoms with Crippen molar-refractivity contribution in [1.29, 1.82) is 0 Å². The minimum atomic E-state index is 0.0427. The van der Waals surface area contributed by atoms with E-state index in [0.29, 0.717) is 12.6 Å². The maximum atomic E-state index is 12.6. The first kappa shape index (κ1) is 14.3.